The molecule has 0 bridgehead atoms. The molecule has 1 aliphatic rings. The Kier molecular flexibility index (Phi) is 4.49. The quantitative estimate of drug-likeness (QED) is 0.711. The second-order valence-electron chi connectivity index (χ2n) is 5.16. The largest absolute Gasteiger partial charge is 0.323 e. The highest BCUT2D eigenvalue weighted by Crippen LogP contribution is 2.41. The Bertz CT molecular complexity index is 611. The molecule has 0 radical (unpaired) electrons. The SMILES string of the molecule is CCSC1CCCC1n1c(CCl)nc2ccc(Cl)cc21. The fourth-order valence-electron chi connectivity index (χ4n) is 3.19. The summed E-state index contributed by atoms with van der Waals surface area (Å²) in [7, 11) is 0. The van der Waals surface area contributed by atoms with Crippen LogP contribution >= 0.6 is 35.0 Å². The van der Waals surface area contributed by atoms with Crippen LogP contribution in [0.5, 0.6) is 0 Å². The number of hydrogen-bond donors (Lipinski definition) is 0. The molecule has 1 heterocycles. The molecule has 2 atom stereocenters. The molecule has 0 spiro atoms. The lowest BCUT2D eigenvalue weighted by atomic mass is 10.2. The van der Waals surface area contributed by atoms with Crippen molar-refractivity contribution in [1.82, 2.24) is 9.55 Å². The zero-order valence-corrected chi connectivity index (χ0v) is 13.8. The van der Waals surface area contributed by atoms with E-state index >= 15 is 0 Å². The lowest BCUT2D eigenvalue weighted by molar-refractivity contribution is 0.527. The van der Waals surface area contributed by atoms with Crippen LogP contribution in [0.4, 0.5) is 0 Å². The summed E-state index contributed by atoms with van der Waals surface area (Å²) in [4.78, 5) is 4.67. The molecule has 0 aliphatic heterocycles. The Morgan fingerprint density at radius 3 is 3.00 bits per heavy atom. The minimum absolute atomic E-state index is 0.451. The van der Waals surface area contributed by atoms with E-state index < -0.39 is 0 Å². The highest BCUT2D eigenvalue weighted by molar-refractivity contribution is 7.99. The van der Waals surface area contributed by atoms with Crippen LogP contribution in [0.25, 0.3) is 11.0 Å². The third-order valence-corrected chi connectivity index (χ3v) is 5.76. The van der Waals surface area contributed by atoms with Crippen molar-refractivity contribution in [1.29, 1.82) is 0 Å². The molecule has 2 nitrogen and oxygen atoms in total. The highest BCUT2D eigenvalue weighted by atomic mass is 35.5. The van der Waals surface area contributed by atoms with E-state index in [9.17, 15) is 0 Å². The molecule has 2 unspecified atom stereocenters. The molecule has 2 aromatic rings. The zero-order chi connectivity index (χ0) is 14.1. The van der Waals surface area contributed by atoms with E-state index in [-0.39, 0.29) is 0 Å². The molecule has 20 heavy (non-hydrogen) atoms. The monoisotopic (exact) mass is 328 g/mol. The lowest BCUT2D eigenvalue weighted by Crippen LogP contribution is -2.18. The maximum Gasteiger partial charge on any atom is 0.125 e. The van der Waals surface area contributed by atoms with E-state index in [0.717, 1.165) is 27.6 Å². The number of fused-ring (bicyclic) bond motifs is 1. The number of hydrogen-bond acceptors (Lipinski definition) is 2. The van der Waals surface area contributed by atoms with Crippen LogP contribution in [0, 0.1) is 0 Å². The van der Waals surface area contributed by atoms with Gasteiger partial charge >= 0.3 is 0 Å². The smallest absolute Gasteiger partial charge is 0.125 e. The second-order valence-corrected chi connectivity index (χ2v) is 7.38. The first kappa shape index (κ1) is 14.6. The number of imidazole rings is 1. The van der Waals surface area contributed by atoms with E-state index in [1.54, 1.807) is 0 Å². The standard InChI is InChI=1S/C15H18Cl2N2S/c1-2-20-14-5-3-4-12(14)19-13-8-10(17)6-7-11(13)18-15(19)9-16/h6-8,12,14H,2-5,9H2,1H3. The van der Waals surface area contributed by atoms with Crippen LogP contribution < -0.4 is 0 Å². The molecule has 1 aromatic carbocycles. The summed E-state index contributed by atoms with van der Waals surface area (Å²) in [5, 5.41) is 1.43. The predicted octanol–water partition coefficient (Wildman–Crippen LogP) is 5.28. The molecule has 5 heteroatoms. The number of thioether (sulfide) groups is 1. The van der Waals surface area contributed by atoms with Gasteiger partial charge < -0.3 is 4.57 Å². The van der Waals surface area contributed by atoms with Gasteiger partial charge in [-0.25, -0.2) is 4.98 Å². The summed E-state index contributed by atoms with van der Waals surface area (Å²) < 4.78 is 2.34. The molecule has 1 aliphatic carbocycles. The molecule has 3 rings (SSSR count). The minimum atomic E-state index is 0.451. The van der Waals surface area contributed by atoms with Crippen molar-refractivity contribution in [3.05, 3.63) is 29.0 Å². The van der Waals surface area contributed by atoms with Gasteiger partial charge in [0, 0.05) is 16.3 Å². The first-order chi connectivity index (χ1) is 9.74. The lowest BCUT2D eigenvalue weighted by Gasteiger charge is -2.23. The van der Waals surface area contributed by atoms with Gasteiger partial charge in [0.05, 0.1) is 16.9 Å². The number of alkyl halides is 1. The van der Waals surface area contributed by atoms with Crippen molar-refractivity contribution in [3.8, 4) is 0 Å². The first-order valence-electron chi connectivity index (χ1n) is 7.08. The van der Waals surface area contributed by atoms with E-state index in [1.165, 1.54) is 19.3 Å². The molecule has 0 saturated heterocycles. The van der Waals surface area contributed by atoms with Gasteiger partial charge in [-0.1, -0.05) is 24.9 Å². The zero-order valence-electron chi connectivity index (χ0n) is 11.5. The van der Waals surface area contributed by atoms with E-state index in [2.05, 4.69) is 28.2 Å². The molecule has 1 aromatic heterocycles. The predicted molar refractivity (Wildman–Crippen MR) is 89.1 cm³/mol. The maximum atomic E-state index is 6.17. The van der Waals surface area contributed by atoms with Crippen molar-refractivity contribution < 1.29 is 0 Å². The van der Waals surface area contributed by atoms with Gasteiger partial charge in [0.15, 0.2) is 0 Å². The molecular weight excluding hydrogens is 311 g/mol. The maximum absolute atomic E-state index is 6.17. The fraction of sp³-hybridized carbons (Fsp3) is 0.533. The van der Waals surface area contributed by atoms with Crippen LogP contribution in [0.1, 0.15) is 38.1 Å². The van der Waals surface area contributed by atoms with Gasteiger partial charge in [-0.3, -0.25) is 0 Å². The normalized spacial score (nSPS) is 22.8. The average molecular weight is 329 g/mol. The molecule has 108 valence electrons. The van der Waals surface area contributed by atoms with E-state index in [4.69, 9.17) is 23.2 Å². The summed E-state index contributed by atoms with van der Waals surface area (Å²) in [6.45, 7) is 2.23. The van der Waals surface area contributed by atoms with Gasteiger partial charge in [-0.05, 0) is 36.8 Å². The van der Waals surface area contributed by atoms with Gasteiger partial charge in [-0.15, -0.1) is 11.6 Å². The van der Waals surface area contributed by atoms with Crippen molar-refractivity contribution >= 4 is 46.0 Å². The number of benzene rings is 1. The van der Waals surface area contributed by atoms with E-state index in [0.29, 0.717) is 17.2 Å². The van der Waals surface area contributed by atoms with Crippen molar-refractivity contribution in [2.24, 2.45) is 0 Å². The fourth-order valence-corrected chi connectivity index (χ4v) is 4.79. The number of halogens is 2. The first-order valence-corrected chi connectivity index (χ1v) is 9.04. The Labute approximate surface area is 133 Å². The molecule has 0 N–H and O–H groups in total. The van der Waals surface area contributed by atoms with Crippen molar-refractivity contribution in [2.45, 2.75) is 43.4 Å². The Hall–Kier alpha value is -0.380. The van der Waals surface area contributed by atoms with Crippen LogP contribution in [0.2, 0.25) is 5.02 Å². The van der Waals surface area contributed by atoms with Gasteiger partial charge in [0.25, 0.3) is 0 Å². The number of rotatable bonds is 4. The van der Waals surface area contributed by atoms with Crippen molar-refractivity contribution in [2.75, 3.05) is 5.75 Å². The van der Waals surface area contributed by atoms with E-state index in [1.807, 2.05) is 18.2 Å². The average Bonchev–Trinajstić information content (AvgIpc) is 3.02. The third-order valence-electron chi connectivity index (χ3n) is 3.97. The summed E-state index contributed by atoms with van der Waals surface area (Å²) in [6, 6.07) is 6.40. The van der Waals surface area contributed by atoms with Gasteiger partial charge in [0.2, 0.25) is 0 Å². The molecular formula is C15H18Cl2N2S. The number of aromatic nitrogens is 2. The summed E-state index contributed by atoms with van der Waals surface area (Å²) in [5.41, 5.74) is 2.12. The van der Waals surface area contributed by atoms with Crippen LogP contribution in [0.15, 0.2) is 18.2 Å². The topological polar surface area (TPSA) is 17.8 Å². The summed E-state index contributed by atoms with van der Waals surface area (Å²) in [6.07, 6.45) is 3.77. The van der Waals surface area contributed by atoms with Gasteiger partial charge in [0.1, 0.15) is 5.82 Å². The minimum Gasteiger partial charge on any atom is -0.323 e. The molecule has 0 amide bonds. The highest BCUT2D eigenvalue weighted by Gasteiger charge is 2.31. The molecule has 1 fully saturated rings. The number of nitrogens with zero attached hydrogens (tertiary/aromatic N) is 2. The second kappa shape index (κ2) is 6.17. The van der Waals surface area contributed by atoms with Gasteiger partial charge in [-0.2, -0.15) is 11.8 Å². The molecule has 1 saturated carbocycles. The summed E-state index contributed by atoms with van der Waals surface area (Å²) >= 11 is 14.3. The van der Waals surface area contributed by atoms with Crippen LogP contribution in [-0.2, 0) is 5.88 Å². The summed E-state index contributed by atoms with van der Waals surface area (Å²) in [5.74, 6) is 2.58. The Morgan fingerprint density at radius 1 is 1.40 bits per heavy atom. The van der Waals surface area contributed by atoms with Crippen LogP contribution in [-0.4, -0.2) is 20.6 Å². The van der Waals surface area contributed by atoms with Crippen LogP contribution in [0.3, 0.4) is 0 Å². The Balaban J connectivity index is 2.10. The van der Waals surface area contributed by atoms with Crippen molar-refractivity contribution in [3.63, 3.8) is 0 Å². The Morgan fingerprint density at radius 2 is 2.25 bits per heavy atom. The third kappa shape index (κ3) is 2.56.